The Kier molecular flexibility index (Phi) is 11.4. The predicted octanol–water partition coefficient (Wildman–Crippen LogP) is 1.66. The van der Waals surface area contributed by atoms with Crippen molar-refractivity contribution < 1.29 is 19.4 Å². The van der Waals surface area contributed by atoms with Crippen molar-refractivity contribution in [2.75, 3.05) is 20.6 Å². The number of carbonyl (C=O) groups is 2. The van der Waals surface area contributed by atoms with Crippen molar-refractivity contribution in [1.29, 1.82) is 0 Å². The Morgan fingerprint density at radius 2 is 1.94 bits per heavy atom. The van der Waals surface area contributed by atoms with Gasteiger partial charge in [-0.05, 0) is 33.5 Å². The summed E-state index contributed by atoms with van der Waals surface area (Å²) in [4.78, 5) is 22.0. The number of carboxylic acids is 1. The second-order valence-electron chi connectivity index (χ2n) is 3.59. The number of rotatable bonds is 6. The smallest absolute Gasteiger partial charge is 0.330 e. The van der Waals surface area contributed by atoms with Crippen LogP contribution >= 0.6 is 0 Å². The van der Waals surface area contributed by atoms with Gasteiger partial charge in [-0.1, -0.05) is 13.2 Å². The Balaban J connectivity index is 0. The lowest BCUT2D eigenvalue weighted by molar-refractivity contribution is -0.135. The zero-order chi connectivity index (χ0) is 13.8. The molecule has 0 aliphatic carbocycles. The minimum atomic E-state index is -0.885. The van der Waals surface area contributed by atoms with Crippen molar-refractivity contribution in [3.8, 4) is 0 Å². The molecule has 0 bridgehead atoms. The molecule has 0 amide bonds. The van der Waals surface area contributed by atoms with Crippen LogP contribution in [-0.4, -0.2) is 42.6 Å². The van der Waals surface area contributed by atoms with Crippen LogP contribution in [0, 0.1) is 0 Å². The SMILES string of the molecule is C=C(CCCN(C)C)C(=O)O.C=COC(C)=O. The molecule has 5 heteroatoms. The summed E-state index contributed by atoms with van der Waals surface area (Å²) in [6.07, 6.45) is 2.54. The van der Waals surface area contributed by atoms with E-state index in [1.54, 1.807) is 0 Å². The molecule has 0 rings (SSSR count). The van der Waals surface area contributed by atoms with E-state index in [0.717, 1.165) is 19.2 Å². The number of carboxylic acid groups (broad SMARTS) is 1. The molecule has 0 aromatic rings. The van der Waals surface area contributed by atoms with E-state index in [1.807, 2.05) is 19.0 Å². The van der Waals surface area contributed by atoms with Crippen molar-refractivity contribution >= 4 is 11.9 Å². The number of ether oxygens (including phenoxy) is 1. The first-order valence-electron chi connectivity index (χ1n) is 5.15. The van der Waals surface area contributed by atoms with E-state index in [1.165, 1.54) is 6.92 Å². The summed E-state index contributed by atoms with van der Waals surface area (Å²) in [5, 5.41) is 8.43. The van der Waals surface area contributed by atoms with Crippen LogP contribution in [0.3, 0.4) is 0 Å². The maximum absolute atomic E-state index is 10.3. The van der Waals surface area contributed by atoms with E-state index < -0.39 is 5.97 Å². The number of carbonyl (C=O) groups excluding carboxylic acids is 1. The standard InChI is InChI=1S/C8H15NO2.C4H6O2/c1-7(8(10)11)5-4-6-9(2)3;1-3-6-4(2)5/h1,4-6H2,2-3H3,(H,10,11);3H,1H2,2H3. The Hall–Kier alpha value is -1.62. The number of esters is 1. The van der Waals surface area contributed by atoms with Gasteiger partial charge in [-0.25, -0.2) is 4.79 Å². The molecular weight excluding hydrogens is 222 g/mol. The van der Waals surface area contributed by atoms with Crippen molar-refractivity contribution in [3.63, 3.8) is 0 Å². The fraction of sp³-hybridized carbons (Fsp3) is 0.500. The average Bonchev–Trinajstić information content (AvgIpc) is 2.17. The summed E-state index contributed by atoms with van der Waals surface area (Å²) in [7, 11) is 3.92. The number of hydrogen-bond acceptors (Lipinski definition) is 4. The molecule has 0 aliphatic heterocycles. The minimum absolute atomic E-state index is 0.298. The normalized spacial score (nSPS) is 8.94. The summed E-state index contributed by atoms with van der Waals surface area (Å²) >= 11 is 0. The summed E-state index contributed by atoms with van der Waals surface area (Å²) in [5.41, 5.74) is 0.298. The highest BCUT2D eigenvalue weighted by atomic mass is 16.5. The van der Waals surface area contributed by atoms with Crippen LogP contribution < -0.4 is 0 Å². The molecule has 0 saturated heterocycles. The minimum Gasteiger partial charge on any atom is -0.478 e. The lowest BCUT2D eigenvalue weighted by atomic mass is 10.1. The van der Waals surface area contributed by atoms with Crippen molar-refractivity contribution in [2.24, 2.45) is 0 Å². The van der Waals surface area contributed by atoms with Crippen molar-refractivity contribution in [1.82, 2.24) is 4.90 Å². The maximum Gasteiger partial charge on any atom is 0.330 e. The molecule has 1 N–H and O–H groups in total. The number of nitrogens with zero attached hydrogens (tertiary/aromatic N) is 1. The van der Waals surface area contributed by atoms with E-state index in [-0.39, 0.29) is 5.97 Å². The first kappa shape index (κ1) is 17.8. The highest BCUT2D eigenvalue weighted by Crippen LogP contribution is 2.01. The fourth-order valence-corrected chi connectivity index (χ4v) is 0.833. The van der Waals surface area contributed by atoms with Crippen LogP contribution in [0.25, 0.3) is 0 Å². The first-order valence-corrected chi connectivity index (χ1v) is 5.15. The molecule has 5 nitrogen and oxygen atoms in total. The van der Waals surface area contributed by atoms with Gasteiger partial charge in [0.1, 0.15) is 0 Å². The van der Waals surface area contributed by atoms with Gasteiger partial charge in [-0.2, -0.15) is 0 Å². The molecule has 0 radical (unpaired) electrons. The lowest BCUT2D eigenvalue weighted by Gasteiger charge is -2.08. The number of hydrogen-bond donors (Lipinski definition) is 1. The Bertz CT molecular complexity index is 272. The van der Waals surface area contributed by atoms with E-state index >= 15 is 0 Å². The van der Waals surface area contributed by atoms with Crippen LogP contribution in [0.15, 0.2) is 25.0 Å². The van der Waals surface area contributed by atoms with E-state index in [0.29, 0.717) is 12.0 Å². The zero-order valence-electron chi connectivity index (χ0n) is 10.7. The van der Waals surface area contributed by atoms with E-state index in [9.17, 15) is 9.59 Å². The molecule has 0 spiro atoms. The van der Waals surface area contributed by atoms with Crippen molar-refractivity contribution in [2.45, 2.75) is 19.8 Å². The highest BCUT2D eigenvalue weighted by Gasteiger charge is 2.02. The summed E-state index contributed by atoms with van der Waals surface area (Å²) in [6.45, 7) is 8.82. The largest absolute Gasteiger partial charge is 0.478 e. The second kappa shape index (κ2) is 10.9. The van der Waals surface area contributed by atoms with Gasteiger partial charge in [0, 0.05) is 12.5 Å². The second-order valence-corrected chi connectivity index (χ2v) is 3.59. The molecule has 0 aromatic carbocycles. The fourth-order valence-electron chi connectivity index (χ4n) is 0.833. The van der Waals surface area contributed by atoms with E-state index in [4.69, 9.17) is 5.11 Å². The van der Waals surface area contributed by atoms with Crippen molar-refractivity contribution in [3.05, 3.63) is 25.0 Å². The quantitative estimate of drug-likeness (QED) is 0.436. The third-order valence-corrected chi connectivity index (χ3v) is 1.64. The van der Waals surface area contributed by atoms with Gasteiger partial charge in [-0.3, -0.25) is 4.79 Å². The topological polar surface area (TPSA) is 66.8 Å². The van der Waals surface area contributed by atoms with Gasteiger partial charge in [0.2, 0.25) is 0 Å². The summed E-state index contributed by atoms with van der Waals surface area (Å²) in [5.74, 6) is -1.21. The molecule has 17 heavy (non-hydrogen) atoms. The molecule has 0 saturated carbocycles. The summed E-state index contributed by atoms with van der Waals surface area (Å²) < 4.78 is 4.17. The van der Waals surface area contributed by atoms with Crippen LogP contribution in [0.1, 0.15) is 19.8 Å². The third-order valence-electron chi connectivity index (χ3n) is 1.64. The molecule has 0 fully saturated rings. The molecule has 98 valence electrons. The zero-order valence-corrected chi connectivity index (χ0v) is 10.7. The van der Waals surface area contributed by atoms with E-state index in [2.05, 4.69) is 17.9 Å². The molecular formula is C12H21NO4. The van der Waals surface area contributed by atoms with Gasteiger partial charge >= 0.3 is 11.9 Å². The molecule has 0 atom stereocenters. The van der Waals surface area contributed by atoms with Gasteiger partial charge in [-0.15, -0.1) is 0 Å². The van der Waals surface area contributed by atoms with Crippen LogP contribution in [0.5, 0.6) is 0 Å². The van der Waals surface area contributed by atoms with Gasteiger partial charge < -0.3 is 14.7 Å². The lowest BCUT2D eigenvalue weighted by Crippen LogP contribution is -2.13. The monoisotopic (exact) mass is 243 g/mol. The van der Waals surface area contributed by atoms with Gasteiger partial charge in [0.25, 0.3) is 0 Å². The highest BCUT2D eigenvalue weighted by molar-refractivity contribution is 5.85. The number of aliphatic carboxylic acids is 1. The molecule has 0 aliphatic rings. The summed E-state index contributed by atoms with van der Waals surface area (Å²) in [6, 6.07) is 0. The Morgan fingerprint density at radius 3 is 2.18 bits per heavy atom. The Morgan fingerprint density at radius 1 is 1.41 bits per heavy atom. The maximum atomic E-state index is 10.3. The Labute approximate surface area is 102 Å². The predicted molar refractivity (Wildman–Crippen MR) is 66.5 cm³/mol. The van der Waals surface area contributed by atoms with Gasteiger partial charge in [0.15, 0.2) is 0 Å². The molecule has 0 heterocycles. The van der Waals surface area contributed by atoms with Crippen LogP contribution in [0.2, 0.25) is 0 Å². The third kappa shape index (κ3) is 17.0. The van der Waals surface area contributed by atoms with Crippen LogP contribution in [0.4, 0.5) is 0 Å². The van der Waals surface area contributed by atoms with Gasteiger partial charge in [0.05, 0.1) is 6.26 Å². The first-order chi connectivity index (χ1) is 7.81. The van der Waals surface area contributed by atoms with Crippen LogP contribution in [-0.2, 0) is 14.3 Å². The molecule has 0 aromatic heterocycles. The average molecular weight is 243 g/mol. The molecule has 0 unspecified atom stereocenters.